The highest BCUT2D eigenvalue weighted by molar-refractivity contribution is 5.56. The highest BCUT2D eigenvalue weighted by atomic mass is 15.3. The Kier molecular flexibility index (Phi) is 3.98. The Morgan fingerprint density at radius 2 is 1.58 bits per heavy atom. The van der Waals surface area contributed by atoms with Crippen molar-refractivity contribution in [2.45, 2.75) is 32.0 Å². The lowest BCUT2D eigenvalue weighted by molar-refractivity contribution is 0.441. The molecular formula is C18H24N6. The van der Waals surface area contributed by atoms with Crippen LogP contribution in [0, 0.1) is 0 Å². The molecular weight excluding hydrogens is 300 g/mol. The quantitative estimate of drug-likeness (QED) is 0.897. The Morgan fingerprint density at radius 3 is 2.17 bits per heavy atom. The van der Waals surface area contributed by atoms with E-state index in [2.05, 4.69) is 55.4 Å². The van der Waals surface area contributed by atoms with Crippen LogP contribution in [0.4, 0.5) is 17.6 Å². The molecule has 1 aromatic heterocycles. The smallest absolute Gasteiger partial charge is 0.223 e. The molecule has 3 N–H and O–H groups in total. The van der Waals surface area contributed by atoms with Crippen LogP contribution in [0.15, 0.2) is 30.3 Å². The molecule has 126 valence electrons. The van der Waals surface area contributed by atoms with Crippen molar-refractivity contribution in [3.8, 4) is 0 Å². The van der Waals surface area contributed by atoms with Crippen LogP contribution in [-0.4, -0.2) is 36.1 Å². The molecule has 0 saturated carbocycles. The molecule has 0 bridgehead atoms. The van der Waals surface area contributed by atoms with E-state index in [1.165, 1.54) is 11.1 Å². The molecule has 2 aliphatic rings. The molecule has 3 heterocycles. The van der Waals surface area contributed by atoms with Gasteiger partial charge in [0.1, 0.15) is 11.6 Å². The maximum absolute atomic E-state index is 6.00. The van der Waals surface area contributed by atoms with Gasteiger partial charge < -0.3 is 20.9 Å². The minimum Gasteiger partial charge on any atom is -0.368 e. The van der Waals surface area contributed by atoms with Crippen molar-refractivity contribution in [1.29, 1.82) is 0 Å². The number of rotatable bonds is 3. The number of nitrogens with two attached hydrogens (primary N) is 1. The number of piperidine rings is 1. The summed E-state index contributed by atoms with van der Waals surface area (Å²) in [6.45, 7) is 3.77. The standard InChI is InChI=1S/C18H24N6/c1-20-15-6-8-23(9-7-15)16-10-17(22-18(19)21-16)24-11-13-4-2-3-5-14(13)12-24/h2-5,10,15,20H,6-9,11-12H2,1H3,(H2,19,21,22). The SMILES string of the molecule is CNC1CCN(c2cc(N3Cc4ccccc4C3)nc(N)n2)CC1. The average Bonchev–Trinajstić information content (AvgIpc) is 3.05. The number of nitrogen functional groups attached to an aromatic ring is 1. The van der Waals surface area contributed by atoms with E-state index < -0.39 is 0 Å². The van der Waals surface area contributed by atoms with Crippen molar-refractivity contribution in [1.82, 2.24) is 15.3 Å². The predicted octanol–water partition coefficient (Wildman–Crippen LogP) is 1.77. The number of hydrogen-bond acceptors (Lipinski definition) is 6. The van der Waals surface area contributed by atoms with Crippen molar-refractivity contribution in [3.05, 3.63) is 41.5 Å². The van der Waals surface area contributed by atoms with Crippen LogP contribution in [-0.2, 0) is 13.1 Å². The Labute approximate surface area is 142 Å². The third-order valence-corrected chi connectivity index (χ3v) is 5.11. The molecule has 1 fully saturated rings. The largest absolute Gasteiger partial charge is 0.368 e. The average molecular weight is 324 g/mol. The number of anilines is 3. The van der Waals surface area contributed by atoms with Crippen LogP contribution < -0.4 is 20.9 Å². The first-order valence-corrected chi connectivity index (χ1v) is 8.61. The molecule has 0 unspecified atom stereocenters. The van der Waals surface area contributed by atoms with Gasteiger partial charge in [0.25, 0.3) is 0 Å². The monoisotopic (exact) mass is 324 g/mol. The molecule has 0 radical (unpaired) electrons. The van der Waals surface area contributed by atoms with Crippen LogP contribution in [0.1, 0.15) is 24.0 Å². The Balaban J connectivity index is 1.55. The maximum atomic E-state index is 6.00. The third kappa shape index (κ3) is 2.89. The fourth-order valence-electron chi connectivity index (χ4n) is 3.66. The Bertz CT molecular complexity index is 698. The highest BCUT2D eigenvalue weighted by Crippen LogP contribution is 2.29. The first-order valence-electron chi connectivity index (χ1n) is 8.61. The van der Waals surface area contributed by atoms with Gasteiger partial charge in [-0.2, -0.15) is 9.97 Å². The minimum absolute atomic E-state index is 0.356. The first-order chi connectivity index (χ1) is 11.7. The summed E-state index contributed by atoms with van der Waals surface area (Å²) in [4.78, 5) is 13.5. The van der Waals surface area contributed by atoms with Crippen LogP contribution >= 0.6 is 0 Å². The van der Waals surface area contributed by atoms with Gasteiger partial charge in [0, 0.05) is 38.3 Å². The fourth-order valence-corrected chi connectivity index (χ4v) is 3.66. The van der Waals surface area contributed by atoms with Gasteiger partial charge in [0.15, 0.2) is 0 Å². The predicted molar refractivity (Wildman–Crippen MR) is 97.1 cm³/mol. The van der Waals surface area contributed by atoms with Gasteiger partial charge in [-0.3, -0.25) is 0 Å². The summed E-state index contributed by atoms with van der Waals surface area (Å²) >= 11 is 0. The summed E-state index contributed by atoms with van der Waals surface area (Å²) in [5, 5.41) is 3.36. The number of aromatic nitrogens is 2. The van der Waals surface area contributed by atoms with E-state index in [9.17, 15) is 0 Å². The second-order valence-corrected chi connectivity index (χ2v) is 6.62. The summed E-state index contributed by atoms with van der Waals surface area (Å²) in [7, 11) is 2.03. The van der Waals surface area contributed by atoms with E-state index in [1.54, 1.807) is 0 Å². The van der Waals surface area contributed by atoms with Crippen LogP contribution in [0.25, 0.3) is 0 Å². The lowest BCUT2D eigenvalue weighted by Crippen LogP contribution is -2.41. The summed E-state index contributed by atoms with van der Waals surface area (Å²) in [6.07, 6.45) is 2.26. The normalized spacial score (nSPS) is 18.0. The summed E-state index contributed by atoms with van der Waals surface area (Å²) in [5.41, 5.74) is 8.74. The van der Waals surface area contributed by atoms with Gasteiger partial charge in [0.2, 0.25) is 5.95 Å². The van der Waals surface area contributed by atoms with E-state index in [-0.39, 0.29) is 0 Å². The Hall–Kier alpha value is -2.34. The molecule has 6 heteroatoms. The number of fused-ring (bicyclic) bond motifs is 1. The second kappa shape index (κ2) is 6.28. The minimum atomic E-state index is 0.356. The van der Waals surface area contributed by atoms with Crippen molar-refractivity contribution in [2.75, 3.05) is 35.7 Å². The number of nitrogens with one attached hydrogen (secondary N) is 1. The zero-order valence-corrected chi connectivity index (χ0v) is 14.1. The van der Waals surface area contributed by atoms with Crippen molar-refractivity contribution >= 4 is 17.6 Å². The zero-order valence-electron chi connectivity index (χ0n) is 14.1. The molecule has 2 aromatic rings. The molecule has 0 aliphatic carbocycles. The summed E-state index contributed by atoms with van der Waals surface area (Å²) in [6, 6.07) is 11.2. The lowest BCUT2D eigenvalue weighted by atomic mass is 10.1. The Morgan fingerprint density at radius 1 is 1.00 bits per heavy atom. The van der Waals surface area contributed by atoms with Crippen LogP contribution in [0.5, 0.6) is 0 Å². The van der Waals surface area contributed by atoms with Gasteiger partial charge in [-0.1, -0.05) is 24.3 Å². The van der Waals surface area contributed by atoms with Gasteiger partial charge in [-0.15, -0.1) is 0 Å². The van der Waals surface area contributed by atoms with Gasteiger partial charge in [-0.05, 0) is 31.0 Å². The van der Waals surface area contributed by atoms with E-state index in [0.29, 0.717) is 12.0 Å². The molecule has 6 nitrogen and oxygen atoms in total. The number of nitrogens with zero attached hydrogens (tertiary/aromatic N) is 4. The highest BCUT2D eigenvalue weighted by Gasteiger charge is 2.23. The van der Waals surface area contributed by atoms with Crippen molar-refractivity contribution < 1.29 is 0 Å². The van der Waals surface area contributed by atoms with Crippen LogP contribution in [0.2, 0.25) is 0 Å². The first kappa shape index (κ1) is 15.2. The molecule has 2 aliphatic heterocycles. The van der Waals surface area contributed by atoms with Crippen molar-refractivity contribution in [3.63, 3.8) is 0 Å². The number of hydrogen-bond donors (Lipinski definition) is 2. The molecule has 4 rings (SSSR count). The summed E-state index contributed by atoms with van der Waals surface area (Å²) < 4.78 is 0. The van der Waals surface area contributed by atoms with E-state index in [1.807, 2.05) is 7.05 Å². The van der Waals surface area contributed by atoms with E-state index in [4.69, 9.17) is 5.73 Å². The molecule has 24 heavy (non-hydrogen) atoms. The fraction of sp³-hybridized carbons (Fsp3) is 0.444. The second-order valence-electron chi connectivity index (χ2n) is 6.62. The van der Waals surface area contributed by atoms with Gasteiger partial charge >= 0.3 is 0 Å². The topological polar surface area (TPSA) is 70.3 Å². The molecule has 1 aromatic carbocycles. The maximum Gasteiger partial charge on any atom is 0.223 e. The molecule has 1 saturated heterocycles. The van der Waals surface area contributed by atoms with Gasteiger partial charge in [-0.25, -0.2) is 0 Å². The third-order valence-electron chi connectivity index (χ3n) is 5.11. The van der Waals surface area contributed by atoms with E-state index in [0.717, 1.165) is 50.7 Å². The molecule has 0 amide bonds. The van der Waals surface area contributed by atoms with Crippen molar-refractivity contribution in [2.24, 2.45) is 0 Å². The molecule has 0 spiro atoms. The lowest BCUT2D eigenvalue weighted by Gasteiger charge is -2.33. The van der Waals surface area contributed by atoms with Gasteiger partial charge in [0.05, 0.1) is 0 Å². The zero-order chi connectivity index (χ0) is 16.5. The van der Waals surface area contributed by atoms with Crippen LogP contribution in [0.3, 0.4) is 0 Å². The summed E-state index contributed by atoms with van der Waals surface area (Å²) in [5.74, 6) is 2.22. The van der Waals surface area contributed by atoms with E-state index >= 15 is 0 Å². The molecule has 0 atom stereocenters. The number of benzene rings is 1.